The molecule has 0 fully saturated rings. The van der Waals surface area contributed by atoms with Crippen LogP contribution in [0.15, 0.2) is 48.5 Å². The van der Waals surface area contributed by atoms with Gasteiger partial charge in [-0.15, -0.1) is 11.3 Å². The Balaban J connectivity index is 1.72. The van der Waals surface area contributed by atoms with E-state index < -0.39 is 0 Å². The number of benzene rings is 2. The van der Waals surface area contributed by atoms with E-state index >= 15 is 0 Å². The summed E-state index contributed by atoms with van der Waals surface area (Å²) < 4.78 is 5.52. The van der Waals surface area contributed by atoms with Crippen molar-refractivity contribution < 1.29 is 14.3 Å². The molecule has 1 aromatic heterocycles. The van der Waals surface area contributed by atoms with Crippen LogP contribution in [0, 0.1) is 13.8 Å². The Morgan fingerprint density at radius 2 is 1.86 bits per heavy atom. The fraction of sp³-hybridized carbons (Fsp3) is 0.217. The van der Waals surface area contributed by atoms with Gasteiger partial charge in [0.05, 0.1) is 17.0 Å². The summed E-state index contributed by atoms with van der Waals surface area (Å²) in [4.78, 5) is 25.9. The Hall–Kier alpha value is -3.12. The highest BCUT2D eigenvalue weighted by Gasteiger charge is 2.34. The van der Waals surface area contributed by atoms with E-state index in [1.165, 1.54) is 11.3 Å². The zero-order chi connectivity index (χ0) is 20.5. The number of fused-ring (bicyclic) bond motifs is 1. The van der Waals surface area contributed by atoms with E-state index in [0.29, 0.717) is 11.3 Å². The average molecular weight is 407 g/mol. The molecule has 1 aliphatic rings. The maximum absolute atomic E-state index is 12.9. The summed E-state index contributed by atoms with van der Waals surface area (Å²) in [6, 6.07) is 15.4. The molecule has 4 rings (SSSR count). The molecule has 5 nitrogen and oxygen atoms in total. The molecule has 2 aromatic carbocycles. The number of nitrogens with one attached hydrogen (secondary N) is 2. The number of para-hydroxylation sites is 1. The summed E-state index contributed by atoms with van der Waals surface area (Å²) in [6.07, 6.45) is 0.323. The second-order valence-electron chi connectivity index (χ2n) is 7.17. The largest absolute Gasteiger partial charge is 0.496 e. The van der Waals surface area contributed by atoms with Crippen LogP contribution < -0.4 is 15.4 Å². The summed E-state index contributed by atoms with van der Waals surface area (Å²) in [5.74, 6) is 0.375. The van der Waals surface area contributed by atoms with Crippen LogP contribution in [-0.4, -0.2) is 18.9 Å². The Labute approximate surface area is 173 Å². The van der Waals surface area contributed by atoms with Gasteiger partial charge in [-0.25, -0.2) is 0 Å². The third-order valence-electron chi connectivity index (χ3n) is 5.21. The van der Waals surface area contributed by atoms with Crippen molar-refractivity contribution in [2.24, 2.45) is 0 Å². The van der Waals surface area contributed by atoms with E-state index in [0.717, 1.165) is 38.7 Å². The lowest BCUT2D eigenvalue weighted by Crippen LogP contribution is -2.23. The van der Waals surface area contributed by atoms with Gasteiger partial charge >= 0.3 is 0 Å². The summed E-state index contributed by atoms with van der Waals surface area (Å²) in [7, 11) is 1.63. The highest BCUT2D eigenvalue weighted by Crippen LogP contribution is 2.47. The summed E-state index contributed by atoms with van der Waals surface area (Å²) in [5, 5.41) is 6.64. The molecule has 1 atom stereocenters. The fourth-order valence-electron chi connectivity index (χ4n) is 3.76. The maximum atomic E-state index is 12.9. The number of carbonyl (C=O) groups excluding carboxylic acids is 2. The third kappa shape index (κ3) is 3.63. The Bertz CT molecular complexity index is 1090. The highest BCUT2D eigenvalue weighted by atomic mass is 32.1. The second-order valence-corrected chi connectivity index (χ2v) is 8.19. The quantitative estimate of drug-likeness (QED) is 0.633. The zero-order valence-corrected chi connectivity index (χ0v) is 17.4. The van der Waals surface area contributed by atoms with Gasteiger partial charge in [-0.05, 0) is 43.2 Å². The monoisotopic (exact) mass is 406 g/mol. The van der Waals surface area contributed by atoms with Crippen molar-refractivity contribution >= 4 is 33.8 Å². The van der Waals surface area contributed by atoms with Crippen molar-refractivity contribution in [3.05, 3.63) is 75.7 Å². The summed E-state index contributed by atoms with van der Waals surface area (Å²) in [5.41, 5.74) is 4.72. The van der Waals surface area contributed by atoms with Crippen LogP contribution in [0.4, 0.5) is 10.7 Å². The van der Waals surface area contributed by atoms with Crippen LogP contribution >= 0.6 is 11.3 Å². The van der Waals surface area contributed by atoms with Crippen LogP contribution in [-0.2, 0) is 4.79 Å². The molecule has 2 heterocycles. The first kappa shape index (κ1) is 19.2. The molecule has 0 unspecified atom stereocenters. The smallest absolute Gasteiger partial charge is 0.266 e. The number of anilines is 2. The van der Waals surface area contributed by atoms with Gasteiger partial charge in [0.25, 0.3) is 5.91 Å². The summed E-state index contributed by atoms with van der Waals surface area (Å²) >= 11 is 1.32. The molecule has 6 heteroatoms. The first-order chi connectivity index (χ1) is 14.0. The fourth-order valence-corrected chi connectivity index (χ4v) is 4.95. The minimum absolute atomic E-state index is 0.0554. The number of thiophene rings is 1. The Morgan fingerprint density at radius 1 is 1.14 bits per heavy atom. The lowest BCUT2D eigenvalue weighted by atomic mass is 9.84. The minimum Gasteiger partial charge on any atom is -0.496 e. The van der Waals surface area contributed by atoms with Crippen LogP contribution in [0.25, 0.3) is 0 Å². The van der Waals surface area contributed by atoms with Crippen molar-refractivity contribution in [3.63, 3.8) is 0 Å². The standard InChI is InChI=1S/C23H22N2O3S/c1-13-8-10-15(11-9-13)24-22(27)21-14(2)20-17(12-19(26)25-23(20)29-21)16-6-4-5-7-18(16)28-3/h4-11,17H,12H2,1-3H3,(H,24,27)(H,25,26)/t17-/m0/s1. The minimum atomic E-state index is -0.168. The predicted molar refractivity (Wildman–Crippen MR) is 116 cm³/mol. The molecular formula is C23H22N2O3S. The van der Waals surface area contributed by atoms with Crippen molar-refractivity contribution in [1.29, 1.82) is 0 Å². The van der Waals surface area contributed by atoms with Gasteiger partial charge in [0.1, 0.15) is 5.75 Å². The first-order valence-corrected chi connectivity index (χ1v) is 10.2. The third-order valence-corrected chi connectivity index (χ3v) is 6.44. The number of amides is 2. The van der Waals surface area contributed by atoms with Gasteiger partial charge in [0.15, 0.2) is 0 Å². The van der Waals surface area contributed by atoms with Crippen molar-refractivity contribution in [3.8, 4) is 5.75 Å². The van der Waals surface area contributed by atoms with Gasteiger partial charge in [0.2, 0.25) is 5.91 Å². The first-order valence-electron chi connectivity index (χ1n) is 9.42. The van der Waals surface area contributed by atoms with E-state index in [1.807, 2.05) is 62.4 Å². The number of carbonyl (C=O) groups is 2. The van der Waals surface area contributed by atoms with Crippen LogP contribution in [0.1, 0.15) is 44.3 Å². The molecule has 29 heavy (non-hydrogen) atoms. The number of methoxy groups -OCH3 is 1. The number of aryl methyl sites for hydroxylation is 1. The number of rotatable bonds is 4. The van der Waals surface area contributed by atoms with Crippen molar-refractivity contribution in [2.45, 2.75) is 26.2 Å². The van der Waals surface area contributed by atoms with Gasteiger partial charge in [-0.1, -0.05) is 35.9 Å². The molecule has 0 saturated heterocycles. The number of hydrogen-bond acceptors (Lipinski definition) is 4. The molecule has 0 spiro atoms. The normalized spacial score (nSPS) is 15.4. The lowest BCUT2D eigenvalue weighted by molar-refractivity contribution is -0.116. The van der Waals surface area contributed by atoms with Gasteiger partial charge < -0.3 is 15.4 Å². The van der Waals surface area contributed by atoms with Crippen molar-refractivity contribution in [1.82, 2.24) is 0 Å². The van der Waals surface area contributed by atoms with E-state index in [-0.39, 0.29) is 17.7 Å². The SMILES string of the molecule is COc1ccccc1[C@@H]1CC(=O)Nc2sc(C(=O)Nc3ccc(C)cc3)c(C)c21. The molecule has 0 saturated carbocycles. The Morgan fingerprint density at radius 3 is 2.59 bits per heavy atom. The predicted octanol–water partition coefficient (Wildman–Crippen LogP) is 5.10. The molecule has 0 bridgehead atoms. The van der Waals surface area contributed by atoms with Gasteiger partial charge in [0, 0.05) is 23.6 Å². The molecule has 2 N–H and O–H groups in total. The molecule has 0 radical (unpaired) electrons. The molecule has 3 aromatic rings. The average Bonchev–Trinajstić information content (AvgIpc) is 3.05. The molecular weight excluding hydrogens is 384 g/mol. The highest BCUT2D eigenvalue weighted by molar-refractivity contribution is 7.18. The number of hydrogen-bond donors (Lipinski definition) is 2. The second kappa shape index (κ2) is 7.72. The molecule has 148 valence electrons. The topological polar surface area (TPSA) is 67.4 Å². The lowest BCUT2D eigenvalue weighted by Gasteiger charge is -2.25. The Kier molecular flexibility index (Phi) is 5.11. The van der Waals surface area contributed by atoms with E-state index in [4.69, 9.17) is 4.74 Å². The van der Waals surface area contributed by atoms with Crippen LogP contribution in [0.3, 0.4) is 0 Å². The zero-order valence-electron chi connectivity index (χ0n) is 16.5. The van der Waals surface area contributed by atoms with E-state index in [1.54, 1.807) is 7.11 Å². The van der Waals surface area contributed by atoms with Crippen molar-refractivity contribution in [2.75, 3.05) is 17.7 Å². The van der Waals surface area contributed by atoms with Gasteiger partial charge in [-0.2, -0.15) is 0 Å². The molecule has 1 aliphatic heterocycles. The molecule has 2 amide bonds. The molecule has 0 aliphatic carbocycles. The van der Waals surface area contributed by atoms with Gasteiger partial charge in [-0.3, -0.25) is 9.59 Å². The van der Waals surface area contributed by atoms with E-state index in [9.17, 15) is 9.59 Å². The summed E-state index contributed by atoms with van der Waals surface area (Å²) in [6.45, 7) is 3.95. The van der Waals surface area contributed by atoms with E-state index in [2.05, 4.69) is 10.6 Å². The maximum Gasteiger partial charge on any atom is 0.266 e. The van der Waals surface area contributed by atoms with Crippen LogP contribution in [0.5, 0.6) is 5.75 Å². The van der Waals surface area contributed by atoms with Crippen LogP contribution in [0.2, 0.25) is 0 Å². The number of ether oxygens (including phenoxy) is 1.